The van der Waals surface area contributed by atoms with Gasteiger partial charge in [-0.15, -0.1) is 0 Å². The molecule has 0 amide bonds. The average Bonchev–Trinajstić information content (AvgIpc) is 2.88. The third-order valence-corrected chi connectivity index (χ3v) is 8.88. The number of benzene rings is 2. The molecule has 1 fully saturated rings. The maximum absolute atomic E-state index is 16.7. The number of nitrogens with one attached hydrogen (secondary N) is 1. The summed E-state index contributed by atoms with van der Waals surface area (Å²) < 4.78 is 16.7. The lowest BCUT2D eigenvalue weighted by Gasteiger charge is -2.52. The number of allylic oxidation sites excluding steroid dienone is 4. The van der Waals surface area contributed by atoms with Gasteiger partial charge in [0.25, 0.3) is 0 Å². The molecule has 2 nitrogen and oxygen atoms in total. The molecule has 2 heterocycles. The van der Waals surface area contributed by atoms with Gasteiger partial charge in [0.2, 0.25) is 0 Å². The molecule has 1 aliphatic carbocycles. The molecule has 0 saturated carbocycles. The van der Waals surface area contributed by atoms with Crippen molar-refractivity contribution < 1.29 is 4.39 Å². The zero-order valence-electron chi connectivity index (χ0n) is 22.0. The zero-order chi connectivity index (χ0) is 25.6. The molecule has 0 spiro atoms. The lowest BCUT2D eigenvalue weighted by Crippen LogP contribution is -2.52. The van der Waals surface area contributed by atoms with Crippen LogP contribution in [0.3, 0.4) is 0 Å². The topological polar surface area (TPSA) is 15.3 Å². The minimum Gasteiger partial charge on any atom is -0.370 e. The van der Waals surface area contributed by atoms with Crippen LogP contribution in [0.1, 0.15) is 56.7 Å². The summed E-state index contributed by atoms with van der Waals surface area (Å²) in [6, 6.07) is 19.0. The van der Waals surface area contributed by atoms with Gasteiger partial charge >= 0.3 is 0 Å². The molecule has 1 N–H and O–H groups in total. The summed E-state index contributed by atoms with van der Waals surface area (Å²) in [6.45, 7) is 18.2. The second-order valence-corrected chi connectivity index (χ2v) is 11.4. The van der Waals surface area contributed by atoms with Crippen LogP contribution in [-0.2, 0) is 5.41 Å². The number of alkyl halides is 1. The number of hydrogen-bond acceptors (Lipinski definition) is 2. The van der Waals surface area contributed by atoms with E-state index in [1.54, 1.807) is 6.92 Å². The predicted octanol–water partition coefficient (Wildman–Crippen LogP) is 7.32. The summed E-state index contributed by atoms with van der Waals surface area (Å²) >= 11 is 0. The van der Waals surface area contributed by atoms with Crippen LogP contribution in [0, 0.1) is 5.41 Å². The Hall–Kier alpha value is -2.91. The van der Waals surface area contributed by atoms with Crippen LogP contribution in [0.25, 0.3) is 11.1 Å². The summed E-state index contributed by atoms with van der Waals surface area (Å²) in [5.41, 5.74) is 5.45. The van der Waals surface area contributed by atoms with Crippen molar-refractivity contribution in [3.05, 3.63) is 108 Å². The van der Waals surface area contributed by atoms with E-state index in [9.17, 15) is 0 Å². The fourth-order valence-electron chi connectivity index (χ4n) is 6.80. The maximum atomic E-state index is 16.7. The predicted molar refractivity (Wildman–Crippen MR) is 150 cm³/mol. The summed E-state index contributed by atoms with van der Waals surface area (Å²) in [5.74, 6) is 0. The normalized spacial score (nSPS) is 27.5. The highest BCUT2D eigenvalue weighted by molar-refractivity contribution is 5.78. The van der Waals surface area contributed by atoms with Gasteiger partial charge < -0.3 is 10.2 Å². The van der Waals surface area contributed by atoms with Crippen molar-refractivity contribution in [1.29, 1.82) is 0 Å². The van der Waals surface area contributed by atoms with Gasteiger partial charge in [0.05, 0.1) is 0 Å². The second-order valence-electron chi connectivity index (χ2n) is 11.4. The van der Waals surface area contributed by atoms with Crippen LogP contribution >= 0.6 is 0 Å². The Bertz CT molecular complexity index is 1210. The van der Waals surface area contributed by atoms with E-state index in [0.717, 1.165) is 66.7 Å². The minimum absolute atomic E-state index is 0.0755. The van der Waals surface area contributed by atoms with Gasteiger partial charge in [-0.25, -0.2) is 4.39 Å². The van der Waals surface area contributed by atoms with Gasteiger partial charge in [-0.3, -0.25) is 0 Å². The Morgan fingerprint density at radius 1 is 0.944 bits per heavy atom. The van der Waals surface area contributed by atoms with Crippen molar-refractivity contribution in [3.63, 3.8) is 0 Å². The quantitative estimate of drug-likeness (QED) is 0.449. The Labute approximate surface area is 216 Å². The molecule has 36 heavy (non-hydrogen) atoms. The number of fused-ring (bicyclic) bond motifs is 1. The van der Waals surface area contributed by atoms with Gasteiger partial charge in [0.1, 0.15) is 0 Å². The molecule has 2 unspecified atom stereocenters. The molecule has 0 bridgehead atoms. The fraction of sp³-hybridized carbons (Fsp3) is 0.394. The number of piperidine rings is 1. The van der Waals surface area contributed by atoms with Crippen LogP contribution in [0.2, 0.25) is 0 Å². The highest BCUT2D eigenvalue weighted by Gasteiger charge is 2.50. The van der Waals surface area contributed by atoms with Gasteiger partial charge in [0.15, 0.2) is 5.67 Å². The summed E-state index contributed by atoms with van der Waals surface area (Å²) in [4.78, 5) is 2.43. The first kappa shape index (κ1) is 24.8. The van der Waals surface area contributed by atoms with E-state index < -0.39 is 5.67 Å². The monoisotopic (exact) mass is 482 g/mol. The van der Waals surface area contributed by atoms with E-state index in [4.69, 9.17) is 6.58 Å². The van der Waals surface area contributed by atoms with E-state index in [2.05, 4.69) is 66.2 Å². The van der Waals surface area contributed by atoms with Crippen molar-refractivity contribution in [2.75, 3.05) is 26.2 Å². The van der Waals surface area contributed by atoms with Crippen LogP contribution in [0.5, 0.6) is 0 Å². The third kappa shape index (κ3) is 4.08. The minimum atomic E-state index is -1.50. The van der Waals surface area contributed by atoms with Gasteiger partial charge in [-0.2, -0.15) is 0 Å². The van der Waals surface area contributed by atoms with Crippen molar-refractivity contribution in [2.24, 2.45) is 5.41 Å². The van der Waals surface area contributed by atoms with E-state index in [0.29, 0.717) is 6.54 Å². The molecule has 1 saturated heterocycles. The van der Waals surface area contributed by atoms with E-state index in [1.165, 1.54) is 11.3 Å². The molecule has 2 aromatic rings. The molecule has 188 valence electrons. The van der Waals surface area contributed by atoms with Crippen LogP contribution in [-0.4, -0.2) is 36.7 Å². The molecule has 2 aromatic carbocycles. The molecule has 2 aliphatic heterocycles. The largest absolute Gasteiger partial charge is 0.370 e. The molecule has 5 rings (SSSR count). The highest BCUT2D eigenvalue weighted by Crippen LogP contribution is 2.54. The van der Waals surface area contributed by atoms with Crippen molar-refractivity contribution in [1.82, 2.24) is 10.2 Å². The van der Waals surface area contributed by atoms with Crippen LogP contribution < -0.4 is 5.32 Å². The Morgan fingerprint density at radius 3 is 2.25 bits per heavy atom. The lowest BCUT2D eigenvalue weighted by molar-refractivity contribution is 0.149. The van der Waals surface area contributed by atoms with E-state index in [-0.39, 0.29) is 10.8 Å². The third-order valence-electron chi connectivity index (χ3n) is 8.88. The van der Waals surface area contributed by atoms with E-state index in [1.807, 2.05) is 31.2 Å². The Kier molecular flexibility index (Phi) is 6.32. The Morgan fingerprint density at radius 2 is 1.61 bits per heavy atom. The number of nitrogens with zero attached hydrogens (tertiary/aromatic N) is 1. The molecular formula is C33H39FN2. The lowest BCUT2D eigenvalue weighted by atomic mass is 9.62. The first-order valence-electron chi connectivity index (χ1n) is 13.2. The summed E-state index contributed by atoms with van der Waals surface area (Å²) in [7, 11) is 0. The molecule has 0 radical (unpaired) electrons. The smallest absolute Gasteiger partial charge is 0.155 e. The van der Waals surface area contributed by atoms with Crippen LogP contribution in [0.15, 0.2) is 91.2 Å². The number of halogens is 1. The van der Waals surface area contributed by atoms with Crippen LogP contribution in [0.4, 0.5) is 4.39 Å². The first-order valence-corrected chi connectivity index (χ1v) is 13.2. The highest BCUT2D eigenvalue weighted by atomic mass is 19.1. The standard InChI is InChI=1S/C33H39FN2/c1-24(2)26-11-13-27(14-12-26)29-15-17-31(4)23-36(22-16-30(31)32(29,5)34)25(3)33(18-20-35-21-19-33)28-9-7-6-8-10-28/h6-16,35H,1,3,17-23H2,2,4-5H3. The second kappa shape index (κ2) is 9.19. The molecular weight excluding hydrogens is 443 g/mol. The van der Waals surface area contributed by atoms with Crippen molar-refractivity contribution in [2.45, 2.75) is 51.1 Å². The maximum Gasteiger partial charge on any atom is 0.155 e. The zero-order valence-corrected chi connectivity index (χ0v) is 22.0. The van der Waals surface area contributed by atoms with Crippen molar-refractivity contribution in [3.8, 4) is 0 Å². The summed E-state index contributed by atoms with van der Waals surface area (Å²) in [5, 5.41) is 3.53. The molecule has 3 aliphatic rings. The average molecular weight is 483 g/mol. The molecule has 0 aromatic heterocycles. The molecule has 2 atom stereocenters. The van der Waals surface area contributed by atoms with Gasteiger partial charge in [-0.1, -0.05) is 92.4 Å². The van der Waals surface area contributed by atoms with Crippen molar-refractivity contribution >= 4 is 11.1 Å². The number of rotatable bonds is 5. The fourth-order valence-corrected chi connectivity index (χ4v) is 6.80. The Balaban J connectivity index is 1.44. The number of hydrogen-bond donors (Lipinski definition) is 1. The SMILES string of the molecule is C=C(C)c1ccc(C2=CCC3(C)CN(C(=C)C4(c5ccccc5)CCNCC4)CC=C3C2(C)F)cc1. The summed E-state index contributed by atoms with van der Waals surface area (Å²) in [6.07, 6.45) is 7.18. The first-order chi connectivity index (χ1) is 17.2. The van der Waals surface area contributed by atoms with Gasteiger partial charge in [0, 0.05) is 29.6 Å². The van der Waals surface area contributed by atoms with Gasteiger partial charge in [-0.05, 0) is 74.0 Å². The van der Waals surface area contributed by atoms with E-state index >= 15 is 4.39 Å². The molecule has 3 heteroatoms.